The van der Waals surface area contributed by atoms with E-state index in [0.29, 0.717) is 22.4 Å². The molecule has 0 aliphatic heterocycles. The third-order valence-electron chi connectivity index (χ3n) is 3.00. The van der Waals surface area contributed by atoms with Gasteiger partial charge < -0.3 is 16.4 Å². The normalized spacial score (nSPS) is 10.2. The number of anilines is 2. The molecule has 0 spiro atoms. The molecule has 1 amide bonds. The fourth-order valence-corrected chi connectivity index (χ4v) is 2.29. The molecule has 0 saturated heterocycles. The van der Waals surface area contributed by atoms with Crippen molar-refractivity contribution in [3.05, 3.63) is 56.2 Å². The Balaban J connectivity index is 1.89. The Morgan fingerprint density at radius 2 is 2.04 bits per heavy atom. The summed E-state index contributed by atoms with van der Waals surface area (Å²) in [6.45, 7) is 0.620. The Bertz CT molecular complexity index is 785. The van der Waals surface area contributed by atoms with Crippen LogP contribution in [0.1, 0.15) is 10.4 Å². The third kappa shape index (κ3) is 4.46. The number of rotatable bonds is 6. The Hall–Kier alpha value is -2.58. The summed E-state index contributed by atoms with van der Waals surface area (Å²) in [6, 6.07) is 5.42. The fourth-order valence-electron chi connectivity index (χ4n) is 1.85. The minimum absolute atomic E-state index is 0.00155. The molecule has 0 aliphatic rings. The SMILES string of the molecule is Nc1ccc(C(=O)NCCNc2ncc(Cl)cc2Cl)cc1[N+](=O)[O-]. The number of benzene rings is 1. The van der Waals surface area contributed by atoms with Crippen LogP contribution in [0.25, 0.3) is 0 Å². The molecule has 1 aromatic heterocycles. The second-order valence-electron chi connectivity index (χ2n) is 4.70. The molecule has 2 rings (SSSR count). The van der Waals surface area contributed by atoms with E-state index in [2.05, 4.69) is 15.6 Å². The first-order valence-electron chi connectivity index (χ1n) is 6.75. The number of nitrogens with two attached hydrogens (primary N) is 1. The summed E-state index contributed by atoms with van der Waals surface area (Å²) in [5.74, 6) is -0.00602. The van der Waals surface area contributed by atoms with Gasteiger partial charge in [0.15, 0.2) is 0 Å². The average Bonchev–Trinajstić information content (AvgIpc) is 2.53. The zero-order valence-corrected chi connectivity index (χ0v) is 13.8. The van der Waals surface area contributed by atoms with E-state index >= 15 is 0 Å². The van der Waals surface area contributed by atoms with Crippen LogP contribution in [-0.2, 0) is 0 Å². The van der Waals surface area contributed by atoms with Gasteiger partial charge in [-0.2, -0.15) is 0 Å². The first-order chi connectivity index (χ1) is 11.4. The van der Waals surface area contributed by atoms with Crippen LogP contribution < -0.4 is 16.4 Å². The van der Waals surface area contributed by atoms with Gasteiger partial charge in [0.25, 0.3) is 11.6 Å². The number of nitro groups is 1. The number of halogens is 2. The molecule has 4 N–H and O–H groups in total. The van der Waals surface area contributed by atoms with Crippen LogP contribution in [0, 0.1) is 10.1 Å². The summed E-state index contributed by atoms with van der Waals surface area (Å²) in [7, 11) is 0. The van der Waals surface area contributed by atoms with Crippen molar-refractivity contribution in [3.8, 4) is 0 Å². The van der Waals surface area contributed by atoms with Gasteiger partial charge in [0.2, 0.25) is 0 Å². The van der Waals surface area contributed by atoms with Crippen molar-refractivity contribution in [2.24, 2.45) is 0 Å². The Morgan fingerprint density at radius 3 is 2.71 bits per heavy atom. The van der Waals surface area contributed by atoms with Crippen molar-refractivity contribution in [3.63, 3.8) is 0 Å². The van der Waals surface area contributed by atoms with Crippen LogP contribution in [0.15, 0.2) is 30.5 Å². The highest BCUT2D eigenvalue weighted by Gasteiger charge is 2.15. The van der Waals surface area contributed by atoms with E-state index in [1.807, 2.05) is 0 Å². The second kappa shape index (κ2) is 7.80. The average molecular weight is 370 g/mol. The maximum Gasteiger partial charge on any atom is 0.292 e. The lowest BCUT2D eigenvalue weighted by atomic mass is 10.1. The molecule has 0 bridgehead atoms. The first kappa shape index (κ1) is 17.8. The lowest BCUT2D eigenvalue weighted by Gasteiger charge is -2.09. The van der Waals surface area contributed by atoms with E-state index in [-0.39, 0.29) is 23.5 Å². The van der Waals surface area contributed by atoms with E-state index in [9.17, 15) is 14.9 Å². The largest absolute Gasteiger partial charge is 0.393 e. The van der Waals surface area contributed by atoms with E-state index in [4.69, 9.17) is 28.9 Å². The molecule has 0 fully saturated rings. The highest BCUT2D eigenvalue weighted by molar-refractivity contribution is 6.35. The van der Waals surface area contributed by atoms with Crippen molar-refractivity contribution in [2.75, 3.05) is 24.1 Å². The van der Waals surface area contributed by atoms with E-state index < -0.39 is 10.8 Å². The minimum atomic E-state index is -0.637. The minimum Gasteiger partial charge on any atom is -0.393 e. The van der Waals surface area contributed by atoms with Gasteiger partial charge in [0, 0.05) is 30.9 Å². The van der Waals surface area contributed by atoms with Crippen LogP contribution in [0.5, 0.6) is 0 Å². The molecule has 1 heterocycles. The molecule has 2 aromatic rings. The summed E-state index contributed by atoms with van der Waals surface area (Å²) < 4.78 is 0. The Labute approximate surface area is 147 Å². The van der Waals surface area contributed by atoms with Crippen LogP contribution in [0.3, 0.4) is 0 Å². The molecule has 0 atom stereocenters. The highest BCUT2D eigenvalue weighted by Crippen LogP contribution is 2.23. The van der Waals surface area contributed by atoms with Crippen LogP contribution in [-0.4, -0.2) is 28.9 Å². The summed E-state index contributed by atoms with van der Waals surface area (Å²) in [6.07, 6.45) is 1.45. The molecular weight excluding hydrogens is 357 g/mol. The van der Waals surface area contributed by atoms with Gasteiger partial charge in [-0.1, -0.05) is 23.2 Å². The lowest BCUT2D eigenvalue weighted by Crippen LogP contribution is -2.29. The Morgan fingerprint density at radius 1 is 1.29 bits per heavy atom. The Kier molecular flexibility index (Phi) is 5.78. The molecule has 0 radical (unpaired) electrons. The number of amides is 1. The number of aromatic nitrogens is 1. The molecule has 24 heavy (non-hydrogen) atoms. The zero-order chi connectivity index (χ0) is 17.7. The van der Waals surface area contributed by atoms with Gasteiger partial charge in [0.1, 0.15) is 11.5 Å². The fraction of sp³-hybridized carbons (Fsp3) is 0.143. The van der Waals surface area contributed by atoms with Gasteiger partial charge in [-0.25, -0.2) is 4.98 Å². The van der Waals surface area contributed by atoms with Crippen LogP contribution >= 0.6 is 23.2 Å². The topological polar surface area (TPSA) is 123 Å². The van der Waals surface area contributed by atoms with Crippen LogP contribution in [0.4, 0.5) is 17.2 Å². The molecule has 0 unspecified atom stereocenters. The van der Waals surface area contributed by atoms with Gasteiger partial charge in [0.05, 0.1) is 15.0 Å². The molecule has 1 aromatic carbocycles. The van der Waals surface area contributed by atoms with Crippen molar-refractivity contribution < 1.29 is 9.72 Å². The van der Waals surface area contributed by atoms with Crippen molar-refractivity contribution in [1.82, 2.24) is 10.3 Å². The van der Waals surface area contributed by atoms with Gasteiger partial charge in [-0.15, -0.1) is 0 Å². The summed E-state index contributed by atoms with van der Waals surface area (Å²) in [5.41, 5.74) is 5.33. The molecule has 0 saturated carbocycles. The van der Waals surface area contributed by atoms with Crippen molar-refractivity contribution >= 4 is 46.3 Å². The predicted octanol–water partition coefficient (Wildman–Crippen LogP) is 2.72. The number of carbonyl (C=O) groups excluding carboxylic acids is 1. The van der Waals surface area contributed by atoms with Crippen LogP contribution in [0.2, 0.25) is 10.0 Å². The third-order valence-corrected chi connectivity index (χ3v) is 3.49. The van der Waals surface area contributed by atoms with Gasteiger partial charge >= 0.3 is 0 Å². The lowest BCUT2D eigenvalue weighted by molar-refractivity contribution is -0.383. The smallest absolute Gasteiger partial charge is 0.292 e. The summed E-state index contributed by atoms with van der Waals surface area (Å²) >= 11 is 11.7. The number of pyridine rings is 1. The number of hydrogen-bond donors (Lipinski definition) is 3. The molecular formula is C14H13Cl2N5O3. The second-order valence-corrected chi connectivity index (χ2v) is 5.54. The standard InChI is InChI=1S/C14H13Cl2N5O3/c15-9-6-10(16)13(20-7-9)18-3-4-19-14(22)8-1-2-11(17)12(5-8)21(23)24/h1-2,5-7H,3-4,17H2,(H,18,20)(H,19,22). The quantitative estimate of drug-likeness (QED) is 0.311. The van der Waals surface area contributed by atoms with E-state index in [1.54, 1.807) is 6.07 Å². The zero-order valence-electron chi connectivity index (χ0n) is 12.3. The number of nitrogens with zero attached hydrogens (tertiary/aromatic N) is 2. The monoisotopic (exact) mass is 369 g/mol. The van der Waals surface area contributed by atoms with Crippen molar-refractivity contribution in [2.45, 2.75) is 0 Å². The predicted molar refractivity (Wildman–Crippen MR) is 92.6 cm³/mol. The molecule has 10 heteroatoms. The molecule has 0 aliphatic carbocycles. The number of nitro benzene ring substituents is 1. The first-order valence-corrected chi connectivity index (χ1v) is 7.51. The van der Waals surface area contributed by atoms with Gasteiger partial charge in [-0.05, 0) is 18.2 Å². The van der Waals surface area contributed by atoms with E-state index in [0.717, 1.165) is 6.07 Å². The maximum atomic E-state index is 12.0. The summed E-state index contributed by atoms with van der Waals surface area (Å²) in [4.78, 5) is 26.2. The molecule has 126 valence electrons. The van der Waals surface area contributed by atoms with Gasteiger partial charge in [-0.3, -0.25) is 14.9 Å². The highest BCUT2D eigenvalue weighted by atomic mass is 35.5. The maximum absolute atomic E-state index is 12.0. The summed E-state index contributed by atoms with van der Waals surface area (Å²) in [5, 5.41) is 17.2. The van der Waals surface area contributed by atoms with Crippen molar-refractivity contribution in [1.29, 1.82) is 0 Å². The number of nitrogen functional groups attached to an aromatic ring is 1. The molecule has 8 nitrogen and oxygen atoms in total. The number of carbonyl (C=O) groups is 1. The van der Waals surface area contributed by atoms with E-state index in [1.165, 1.54) is 18.3 Å². The number of nitrogens with one attached hydrogen (secondary N) is 2. The number of hydrogen-bond acceptors (Lipinski definition) is 6.